The maximum atomic E-state index is 11.2. The van der Waals surface area contributed by atoms with Gasteiger partial charge in [0.15, 0.2) is 0 Å². The fourth-order valence-corrected chi connectivity index (χ4v) is 2.41. The minimum atomic E-state index is -0.723. The Kier molecular flexibility index (Phi) is 3.87. The summed E-state index contributed by atoms with van der Waals surface area (Å²) in [6, 6.07) is 8.01. The third-order valence-corrected chi connectivity index (χ3v) is 3.47. The van der Waals surface area contributed by atoms with Crippen molar-refractivity contribution >= 4 is 11.7 Å². The van der Waals surface area contributed by atoms with Crippen LogP contribution in [0.2, 0.25) is 0 Å². The second-order valence-corrected chi connectivity index (χ2v) is 4.82. The van der Waals surface area contributed by atoms with E-state index < -0.39 is 5.97 Å². The summed E-state index contributed by atoms with van der Waals surface area (Å²) in [6.07, 6.45) is 0.703. The Balaban J connectivity index is 2.24. The summed E-state index contributed by atoms with van der Waals surface area (Å²) < 4.78 is 5.27. The Morgan fingerprint density at radius 2 is 2.28 bits per heavy atom. The normalized spacial score (nSPS) is 20.3. The van der Waals surface area contributed by atoms with Gasteiger partial charge in [-0.3, -0.25) is 4.79 Å². The number of benzene rings is 1. The van der Waals surface area contributed by atoms with Crippen molar-refractivity contribution in [2.75, 3.05) is 25.1 Å². The quantitative estimate of drug-likeness (QED) is 0.883. The number of methoxy groups -OCH3 is 1. The molecule has 18 heavy (non-hydrogen) atoms. The second-order valence-electron chi connectivity index (χ2n) is 4.82. The minimum absolute atomic E-state index is 0.0885. The molecule has 1 aromatic rings. The van der Waals surface area contributed by atoms with Crippen molar-refractivity contribution in [2.24, 2.45) is 5.92 Å². The largest absolute Gasteiger partial charge is 0.481 e. The van der Waals surface area contributed by atoms with Gasteiger partial charge in [0.05, 0.1) is 12.0 Å². The van der Waals surface area contributed by atoms with Crippen molar-refractivity contribution in [1.29, 1.82) is 0 Å². The zero-order valence-corrected chi connectivity index (χ0v) is 10.8. The van der Waals surface area contributed by atoms with Crippen LogP contribution >= 0.6 is 0 Å². The lowest BCUT2D eigenvalue weighted by molar-refractivity contribution is -0.141. The van der Waals surface area contributed by atoms with Crippen LogP contribution in [0.5, 0.6) is 0 Å². The number of ether oxygens (including phenoxy) is 1. The van der Waals surface area contributed by atoms with Gasteiger partial charge in [-0.05, 0) is 25.0 Å². The Morgan fingerprint density at radius 3 is 2.94 bits per heavy atom. The first kappa shape index (κ1) is 12.9. The van der Waals surface area contributed by atoms with Crippen LogP contribution in [0.1, 0.15) is 12.5 Å². The van der Waals surface area contributed by atoms with E-state index in [0.717, 1.165) is 17.8 Å². The number of fused-ring (bicyclic) bond motifs is 1. The molecule has 4 nitrogen and oxygen atoms in total. The van der Waals surface area contributed by atoms with Gasteiger partial charge in [0.2, 0.25) is 0 Å². The molecule has 1 heterocycles. The van der Waals surface area contributed by atoms with E-state index in [2.05, 4.69) is 11.0 Å². The van der Waals surface area contributed by atoms with Crippen molar-refractivity contribution in [3.63, 3.8) is 0 Å². The van der Waals surface area contributed by atoms with Crippen molar-refractivity contribution < 1.29 is 14.6 Å². The molecule has 1 N–H and O–H groups in total. The molecular weight excluding hydrogens is 230 g/mol. The monoisotopic (exact) mass is 249 g/mol. The van der Waals surface area contributed by atoms with Crippen molar-refractivity contribution in [2.45, 2.75) is 19.4 Å². The molecule has 0 fully saturated rings. The molecule has 98 valence electrons. The Hall–Kier alpha value is -1.55. The first-order valence-electron chi connectivity index (χ1n) is 6.20. The molecular formula is C14H19NO3. The number of anilines is 1. The van der Waals surface area contributed by atoms with Crippen molar-refractivity contribution in [3.05, 3.63) is 29.8 Å². The van der Waals surface area contributed by atoms with Gasteiger partial charge in [0.1, 0.15) is 0 Å². The average molecular weight is 249 g/mol. The van der Waals surface area contributed by atoms with E-state index >= 15 is 0 Å². The molecule has 0 saturated heterocycles. The molecule has 0 aromatic heterocycles. The van der Waals surface area contributed by atoms with Gasteiger partial charge in [-0.1, -0.05) is 18.2 Å². The lowest BCUT2D eigenvalue weighted by Gasteiger charge is -2.35. The van der Waals surface area contributed by atoms with E-state index in [1.807, 2.05) is 25.1 Å². The molecule has 0 radical (unpaired) electrons. The van der Waals surface area contributed by atoms with Crippen LogP contribution in [-0.2, 0) is 16.0 Å². The van der Waals surface area contributed by atoms with Crippen LogP contribution in [0.4, 0.5) is 5.69 Å². The maximum absolute atomic E-state index is 11.2. The van der Waals surface area contributed by atoms with Gasteiger partial charge in [0, 0.05) is 25.9 Å². The van der Waals surface area contributed by atoms with E-state index in [-0.39, 0.29) is 12.0 Å². The standard InChI is InChI=1S/C14H19NO3/c1-10(18-2)8-15-9-12(14(16)17)7-11-5-3-4-6-13(11)15/h3-6,10,12H,7-9H2,1-2H3,(H,16,17). The van der Waals surface area contributed by atoms with E-state index in [0.29, 0.717) is 13.0 Å². The Labute approximate surface area is 107 Å². The van der Waals surface area contributed by atoms with E-state index in [4.69, 9.17) is 4.74 Å². The van der Waals surface area contributed by atoms with Gasteiger partial charge in [-0.25, -0.2) is 0 Å². The van der Waals surface area contributed by atoms with Crippen LogP contribution in [0, 0.1) is 5.92 Å². The highest BCUT2D eigenvalue weighted by Crippen LogP contribution is 2.29. The van der Waals surface area contributed by atoms with E-state index in [1.165, 1.54) is 0 Å². The van der Waals surface area contributed by atoms with E-state index in [1.54, 1.807) is 7.11 Å². The zero-order valence-electron chi connectivity index (χ0n) is 10.8. The number of carboxylic acid groups (broad SMARTS) is 1. The average Bonchev–Trinajstić information content (AvgIpc) is 2.38. The van der Waals surface area contributed by atoms with Crippen LogP contribution in [-0.4, -0.2) is 37.4 Å². The molecule has 4 heteroatoms. The van der Waals surface area contributed by atoms with Crippen molar-refractivity contribution in [1.82, 2.24) is 0 Å². The zero-order chi connectivity index (χ0) is 13.1. The number of carboxylic acids is 1. The van der Waals surface area contributed by atoms with Crippen LogP contribution in [0.3, 0.4) is 0 Å². The topological polar surface area (TPSA) is 49.8 Å². The van der Waals surface area contributed by atoms with Crippen LogP contribution in [0.25, 0.3) is 0 Å². The highest BCUT2D eigenvalue weighted by Gasteiger charge is 2.29. The molecule has 0 spiro atoms. The Bertz CT molecular complexity index is 433. The number of hydrogen-bond donors (Lipinski definition) is 1. The maximum Gasteiger partial charge on any atom is 0.308 e. The smallest absolute Gasteiger partial charge is 0.308 e. The summed E-state index contributed by atoms with van der Waals surface area (Å²) in [5, 5.41) is 9.22. The lowest BCUT2D eigenvalue weighted by atomic mass is 9.92. The van der Waals surface area contributed by atoms with Crippen molar-refractivity contribution in [3.8, 4) is 0 Å². The summed E-state index contributed by atoms with van der Waals surface area (Å²) in [4.78, 5) is 13.3. The molecule has 2 unspecified atom stereocenters. The molecule has 1 aromatic carbocycles. The molecule has 1 aliphatic rings. The minimum Gasteiger partial charge on any atom is -0.481 e. The third kappa shape index (κ3) is 2.64. The van der Waals surface area contributed by atoms with Gasteiger partial charge in [0.25, 0.3) is 0 Å². The highest BCUT2D eigenvalue weighted by atomic mass is 16.5. The van der Waals surface area contributed by atoms with E-state index in [9.17, 15) is 9.90 Å². The molecule has 0 bridgehead atoms. The number of carbonyl (C=O) groups is 1. The summed E-state index contributed by atoms with van der Waals surface area (Å²) in [5.41, 5.74) is 2.25. The third-order valence-electron chi connectivity index (χ3n) is 3.47. The fourth-order valence-electron chi connectivity index (χ4n) is 2.41. The molecule has 2 atom stereocenters. The summed E-state index contributed by atoms with van der Waals surface area (Å²) in [6.45, 7) is 3.27. The lowest BCUT2D eigenvalue weighted by Crippen LogP contribution is -2.42. The van der Waals surface area contributed by atoms with Gasteiger partial charge in [-0.2, -0.15) is 0 Å². The fraction of sp³-hybridized carbons (Fsp3) is 0.500. The van der Waals surface area contributed by atoms with Gasteiger partial charge in [-0.15, -0.1) is 0 Å². The van der Waals surface area contributed by atoms with Gasteiger partial charge < -0.3 is 14.7 Å². The number of para-hydroxylation sites is 1. The first-order valence-corrected chi connectivity index (χ1v) is 6.20. The molecule has 0 aliphatic carbocycles. The molecule has 0 amide bonds. The van der Waals surface area contributed by atoms with Crippen LogP contribution < -0.4 is 4.90 Å². The molecule has 2 rings (SSSR count). The number of aliphatic carboxylic acids is 1. The SMILES string of the molecule is COC(C)CN1CC(C(=O)O)Cc2ccccc21. The second kappa shape index (κ2) is 5.40. The molecule has 1 aliphatic heterocycles. The van der Waals surface area contributed by atoms with Gasteiger partial charge >= 0.3 is 5.97 Å². The molecule has 0 saturated carbocycles. The first-order chi connectivity index (χ1) is 8.61. The number of nitrogens with zero attached hydrogens (tertiary/aromatic N) is 1. The Morgan fingerprint density at radius 1 is 1.56 bits per heavy atom. The highest BCUT2D eigenvalue weighted by molar-refractivity contribution is 5.73. The predicted octanol–water partition coefficient (Wildman–Crippen LogP) is 1.78. The number of hydrogen-bond acceptors (Lipinski definition) is 3. The summed E-state index contributed by atoms with van der Waals surface area (Å²) in [7, 11) is 1.68. The summed E-state index contributed by atoms with van der Waals surface area (Å²) in [5.74, 6) is -1.05. The number of rotatable bonds is 4. The van der Waals surface area contributed by atoms with Crippen LogP contribution in [0.15, 0.2) is 24.3 Å². The summed E-state index contributed by atoms with van der Waals surface area (Å²) >= 11 is 0. The predicted molar refractivity (Wildman–Crippen MR) is 70.0 cm³/mol.